The zero-order chi connectivity index (χ0) is 16.6. The van der Waals surface area contributed by atoms with Crippen molar-refractivity contribution in [3.8, 4) is 0 Å². The molecule has 6 heteroatoms. The van der Waals surface area contributed by atoms with Gasteiger partial charge in [-0.25, -0.2) is 4.68 Å². The molecule has 5 nitrogen and oxygen atoms in total. The molecule has 0 radical (unpaired) electrons. The van der Waals surface area contributed by atoms with Crippen molar-refractivity contribution in [3.63, 3.8) is 0 Å². The summed E-state index contributed by atoms with van der Waals surface area (Å²) in [5.74, 6) is 0.611. The second kappa shape index (κ2) is 6.08. The number of furan rings is 1. The summed E-state index contributed by atoms with van der Waals surface area (Å²) in [6.45, 7) is 5.97. The number of hydrogen-bond donors (Lipinski definition) is 1. The maximum Gasteiger partial charge on any atom is 0.292 e. The van der Waals surface area contributed by atoms with E-state index in [0.717, 1.165) is 17.4 Å². The molecule has 2 aromatic heterocycles. The Morgan fingerprint density at radius 3 is 2.91 bits per heavy atom. The molecule has 0 bridgehead atoms. The van der Waals surface area contributed by atoms with Gasteiger partial charge < -0.3 is 9.73 Å². The molecule has 0 saturated heterocycles. The van der Waals surface area contributed by atoms with Crippen molar-refractivity contribution < 1.29 is 9.21 Å². The van der Waals surface area contributed by atoms with E-state index in [4.69, 9.17) is 16.0 Å². The van der Waals surface area contributed by atoms with Gasteiger partial charge in [-0.05, 0) is 26.3 Å². The van der Waals surface area contributed by atoms with Crippen molar-refractivity contribution in [1.29, 1.82) is 0 Å². The zero-order valence-corrected chi connectivity index (χ0v) is 14.0. The molecule has 0 aliphatic carbocycles. The van der Waals surface area contributed by atoms with Crippen LogP contribution in [0.3, 0.4) is 0 Å². The van der Waals surface area contributed by atoms with Gasteiger partial charge in [0.05, 0.1) is 17.3 Å². The van der Waals surface area contributed by atoms with Crippen LogP contribution in [-0.2, 0) is 0 Å². The number of aromatic nitrogens is 2. The fourth-order valence-corrected chi connectivity index (χ4v) is 2.75. The summed E-state index contributed by atoms with van der Waals surface area (Å²) in [5, 5.41) is 8.47. The standard InChI is InChI=1S/C17H18ClN3O2/c1-4-10(2)21-14(8-9-19-21)20-17(22)15-11(3)12-6-5-7-13(18)16(12)23-15/h5-10H,4H2,1-3H3,(H,20,22). The Labute approximate surface area is 139 Å². The Bertz CT molecular complexity index is 866. The van der Waals surface area contributed by atoms with E-state index < -0.39 is 0 Å². The highest BCUT2D eigenvalue weighted by Crippen LogP contribution is 2.31. The van der Waals surface area contributed by atoms with Crippen LogP contribution in [0.25, 0.3) is 11.0 Å². The monoisotopic (exact) mass is 331 g/mol. The highest BCUT2D eigenvalue weighted by molar-refractivity contribution is 6.35. The van der Waals surface area contributed by atoms with Crippen molar-refractivity contribution in [2.45, 2.75) is 33.2 Å². The van der Waals surface area contributed by atoms with E-state index >= 15 is 0 Å². The van der Waals surface area contributed by atoms with Gasteiger partial charge in [-0.15, -0.1) is 0 Å². The molecule has 0 aliphatic rings. The van der Waals surface area contributed by atoms with Crippen molar-refractivity contribution in [2.24, 2.45) is 0 Å². The van der Waals surface area contributed by atoms with E-state index in [9.17, 15) is 4.79 Å². The average molecular weight is 332 g/mol. The maximum atomic E-state index is 12.6. The number of para-hydroxylation sites is 1. The molecule has 1 N–H and O–H groups in total. The van der Waals surface area contributed by atoms with Gasteiger partial charge in [0.2, 0.25) is 0 Å². The van der Waals surface area contributed by atoms with Crippen molar-refractivity contribution in [3.05, 3.63) is 46.8 Å². The molecule has 1 unspecified atom stereocenters. The van der Waals surface area contributed by atoms with E-state index in [0.29, 0.717) is 16.4 Å². The molecule has 120 valence electrons. The maximum absolute atomic E-state index is 12.6. The largest absolute Gasteiger partial charge is 0.449 e. The zero-order valence-electron chi connectivity index (χ0n) is 13.3. The topological polar surface area (TPSA) is 60.1 Å². The molecule has 0 fully saturated rings. The van der Waals surface area contributed by atoms with E-state index in [2.05, 4.69) is 24.3 Å². The number of rotatable bonds is 4. The third-order valence-electron chi connectivity index (χ3n) is 4.04. The van der Waals surface area contributed by atoms with Gasteiger partial charge >= 0.3 is 0 Å². The minimum Gasteiger partial charge on any atom is -0.449 e. The molecule has 0 spiro atoms. The molecule has 0 saturated carbocycles. The number of nitrogens with one attached hydrogen (secondary N) is 1. The number of nitrogens with zero attached hydrogens (tertiary/aromatic N) is 2. The lowest BCUT2D eigenvalue weighted by atomic mass is 10.1. The van der Waals surface area contributed by atoms with Crippen molar-refractivity contribution in [2.75, 3.05) is 5.32 Å². The number of benzene rings is 1. The van der Waals surface area contributed by atoms with Crippen LogP contribution < -0.4 is 5.32 Å². The van der Waals surface area contributed by atoms with Gasteiger partial charge in [-0.2, -0.15) is 5.10 Å². The van der Waals surface area contributed by atoms with Crippen LogP contribution in [0, 0.1) is 6.92 Å². The molecule has 23 heavy (non-hydrogen) atoms. The van der Waals surface area contributed by atoms with E-state index in [-0.39, 0.29) is 17.7 Å². The minimum absolute atomic E-state index is 0.200. The lowest BCUT2D eigenvalue weighted by Gasteiger charge is -2.13. The number of amides is 1. The summed E-state index contributed by atoms with van der Waals surface area (Å²) in [6, 6.07) is 7.45. The third-order valence-corrected chi connectivity index (χ3v) is 4.34. The highest BCUT2D eigenvalue weighted by Gasteiger charge is 2.20. The van der Waals surface area contributed by atoms with Crippen LogP contribution in [0.15, 0.2) is 34.9 Å². The summed E-state index contributed by atoms with van der Waals surface area (Å²) >= 11 is 6.14. The summed E-state index contributed by atoms with van der Waals surface area (Å²) < 4.78 is 7.49. The van der Waals surface area contributed by atoms with Crippen LogP contribution in [0.5, 0.6) is 0 Å². The fourth-order valence-electron chi connectivity index (χ4n) is 2.54. The number of carbonyl (C=O) groups is 1. The number of halogens is 1. The van der Waals surface area contributed by atoms with Crippen LogP contribution in [0.1, 0.15) is 42.4 Å². The Hall–Kier alpha value is -2.27. The third kappa shape index (κ3) is 2.72. The van der Waals surface area contributed by atoms with Crippen molar-refractivity contribution in [1.82, 2.24) is 9.78 Å². The van der Waals surface area contributed by atoms with Crippen LogP contribution >= 0.6 is 11.6 Å². The van der Waals surface area contributed by atoms with E-state index in [1.54, 1.807) is 23.0 Å². The molecule has 2 heterocycles. The lowest BCUT2D eigenvalue weighted by Crippen LogP contribution is -2.17. The van der Waals surface area contributed by atoms with E-state index in [1.807, 2.05) is 19.1 Å². The van der Waals surface area contributed by atoms with Gasteiger partial charge in [0.1, 0.15) is 5.82 Å². The van der Waals surface area contributed by atoms with Gasteiger partial charge in [-0.3, -0.25) is 4.79 Å². The van der Waals surface area contributed by atoms with Crippen LogP contribution in [0.2, 0.25) is 5.02 Å². The first-order chi connectivity index (χ1) is 11.0. The highest BCUT2D eigenvalue weighted by atomic mass is 35.5. The smallest absolute Gasteiger partial charge is 0.292 e. The molecule has 1 atom stereocenters. The quantitative estimate of drug-likeness (QED) is 0.746. The summed E-state index contributed by atoms with van der Waals surface area (Å²) in [5.41, 5.74) is 1.31. The van der Waals surface area contributed by atoms with E-state index in [1.165, 1.54) is 0 Å². The average Bonchev–Trinajstić information content (AvgIpc) is 3.13. The number of fused-ring (bicyclic) bond motifs is 1. The summed E-state index contributed by atoms with van der Waals surface area (Å²) in [7, 11) is 0. The minimum atomic E-state index is -0.306. The fraction of sp³-hybridized carbons (Fsp3) is 0.294. The first kappa shape index (κ1) is 15.6. The van der Waals surface area contributed by atoms with Crippen molar-refractivity contribution >= 4 is 34.3 Å². The summed E-state index contributed by atoms with van der Waals surface area (Å²) in [6.07, 6.45) is 2.59. The molecule has 3 aromatic rings. The lowest BCUT2D eigenvalue weighted by molar-refractivity contribution is 0.0996. The van der Waals surface area contributed by atoms with Gasteiger partial charge in [0.25, 0.3) is 5.91 Å². The van der Waals surface area contributed by atoms with Gasteiger partial charge in [-0.1, -0.05) is 30.7 Å². The Morgan fingerprint density at radius 2 is 2.22 bits per heavy atom. The number of aryl methyl sites for hydroxylation is 1. The number of hydrogen-bond acceptors (Lipinski definition) is 3. The second-order valence-electron chi connectivity index (χ2n) is 5.55. The second-order valence-corrected chi connectivity index (χ2v) is 5.95. The number of anilines is 1. The molecule has 1 amide bonds. The molecule has 3 rings (SSSR count). The SMILES string of the molecule is CCC(C)n1nccc1NC(=O)c1oc2c(Cl)cccc2c1C. The normalized spacial score (nSPS) is 12.5. The predicted octanol–water partition coefficient (Wildman–Crippen LogP) is 4.81. The first-order valence-electron chi connectivity index (χ1n) is 7.55. The van der Waals surface area contributed by atoms with Crippen LogP contribution in [-0.4, -0.2) is 15.7 Å². The number of carbonyl (C=O) groups excluding carboxylic acids is 1. The molecule has 1 aromatic carbocycles. The first-order valence-corrected chi connectivity index (χ1v) is 7.93. The summed E-state index contributed by atoms with van der Waals surface area (Å²) in [4.78, 5) is 12.6. The predicted molar refractivity (Wildman–Crippen MR) is 91.1 cm³/mol. The van der Waals surface area contributed by atoms with Gasteiger partial charge in [0, 0.05) is 17.0 Å². The molecular weight excluding hydrogens is 314 g/mol. The Kier molecular flexibility index (Phi) is 4.13. The Morgan fingerprint density at radius 1 is 1.43 bits per heavy atom. The molecule has 0 aliphatic heterocycles. The van der Waals surface area contributed by atoms with Gasteiger partial charge in [0.15, 0.2) is 11.3 Å². The Balaban J connectivity index is 1.94. The molecular formula is C17H18ClN3O2. The van der Waals surface area contributed by atoms with Crippen LogP contribution in [0.4, 0.5) is 5.82 Å².